The Labute approximate surface area is 110 Å². The van der Waals surface area contributed by atoms with Gasteiger partial charge in [0.1, 0.15) is 11.6 Å². The van der Waals surface area contributed by atoms with Crippen molar-refractivity contribution in [3.8, 4) is 11.5 Å². The zero-order valence-electron chi connectivity index (χ0n) is 10.5. The van der Waals surface area contributed by atoms with Crippen molar-refractivity contribution in [2.75, 3.05) is 6.54 Å². The average molecular weight is 264 g/mol. The second-order valence-corrected chi connectivity index (χ2v) is 3.94. The molecule has 2 rings (SSSR count). The van der Waals surface area contributed by atoms with Crippen LogP contribution in [-0.4, -0.2) is 11.5 Å². The summed E-state index contributed by atoms with van der Waals surface area (Å²) >= 11 is 0. The number of rotatable bonds is 5. The van der Waals surface area contributed by atoms with Crippen molar-refractivity contribution in [1.29, 1.82) is 0 Å². The second-order valence-electron chi connectivity index (χ2n) is 3.94. The molecule has 1 aromatic heterocycles. The van der Waals surface area contributed by atoms with Gasteiger partial charge in [0.05, 0.1) is 0 Å². The van der Waals surface area contributed by atoms with Crippen molar-refractivity contribution < 1.29 is 13.5 Å². The van der Waals surface area contributed by atoms with Crippen LogP contribution in [0.15, 0.2) is 36.7 Å². The van der Waals surface area contributed by atoms with E-state index in [0.29, 0.717) is 12.3 Å². The molecule has 5 heteroatoms. The Morgan fingerprint density at radius 1 is 1.21 bits per heavy atom. The van der Waals surface area contributed by atoms with Gasteiger partial charge in [-0.15, -0.1) is 0 Å². The molecular weight excluding hydrogens is 250 g/mol. The molecule has 0 amide bonds. The van der Waals surface area contributed by atoms with Gasteiger partial charge in [-0.3, -0.25) is 4.98 Å². The molecule has 1 aromatic carbocycles. The molecule has 0 aliphatic heterocycles. The lowest BCUT2D eigenvalue weighted by atomic mass is 10.2. The highest BCUT2D eigenvalue weighted by Gasteiger charge is 2.09. The molecule has 0 radical (unpaired) electrons. The summed E-state index contributed by atoms with van der Waals surface area (Å²) in [6.07, 6.45) is 3.18. The Morgan fingerprint density at radius 2 is 2.05 bits per heavy atom. The van der Waals surface area contributed by atoms with E-state index in [1.807, 2.05) is 6.92 Å². The van der Waals surface area contributed by atoms with Gasteiger partial charge in [-0.1, -0.05) is 6.92 Å². The van der Waals surface area contributed by atoms with E-state index < -0.39 is 11.6 Å². The quantitative estimate of drug-likeness (QED) is 0.900. The first-order valence-corrected chi connectivity index (χ1v) is 5.97. The number of benzene rings is 1. The summed E-state index contributed by atoms with van der Waals surface area (Å²) in [5, 5.41) is 3.13. The number of pyridine rings is 1. The minimum atomic E-state index is -0.604. The van der Waals surface area contributed by atoms with E-state index in [4.69, 9.17) is 4.74 Å². The molecule has 3 nitrogen and oxygen atoms in total. The third kappa shape index (κ3) is 3.48. The molecule has 0 fully saturated rings. The smallest absolute Gasteiger partial charge is 0.165 e. The van der Waals surface area contributed by atoms with Gasteiger partial charge < -0.3 is 10.1 Å². The second kappa shape index (κ2) is 6.24. The summed E-state index contributed by atoms with van der Waals surface area (Å²) in [5.74, 6) is -0.823. The summed E-state index contributed by atoms with van der Waals surface area (Å²) in [4.78, 5) is 3.99. The lowest BCUT2D eigenvalue weighted by molar-refractivity contribution is 0.430. The maximum absolute atomic E-state index is 13.5. The molecule has 0 atom stereocenters. The first-order valence-electron chi connectivity index (χ1n) is 5.97. The van der Waals surface area contributed by atoms with E-state index in [0.717, 1.165) is 30.3 Å². The molecule has 100 valence electrons. The van der Waals surface area contributed by atoms with Gasteiger partial charge >= 0.3 is 0 Å². The van der Waals surface area contributed by atoms with E-state index in [9.17, 15) is 8.78 Å². The summed E-state index contributed by atoms with van der Waals surface area (Å²) in [6, 6.07) is 4.73. The number of hydrogen-bond acceptors (Lipinski definition) is 3. The van der Waals surface area contributed by atoms with Gasteiger partial charge in [-0.2, -0.15) is 0 Å². The highest BCUT2D eigenvalue weighted by Crippen LogP contribution is 2.27. The summed E-state index contributed by atoms with van der Waals surface area (Å²) in [7, 11) is 0. The zero-order valence-corrected chi connectivity index (χ0v) is 10.5. The molecule has 0 saturated heterocycles. The maximum Gasteiger partial charge on any atom is 0.165 e. The number of nitrogens with one attached hydrogen (secondary N) is 1. The molecule has 0 spiro atoms. The fourth-order valence-corrected chi connectivity index (χ4v) is 1.58. The summed E-state index contributed by atoms with van der Waals surface area (Å²) < 4.78 is 32.0. The minimum Gasteiger partial charge on any atom is -0.454 e. The number of ether oxygens (including phenoxy) is 1. The minimum absolute atomic E-state index is 0.135. The molecule has 0 saturated carbocycles. The van der Waals surface area contributed by atoms with Gasteiger partial charge in [0.25, 0.3) is 0 Å². The van der Waals surface area contributed by atoms with Crippen LogP contribution in [0.5, 0.6) is 11.5 Å². The number of nitrogens with zero attached hydrogens (tertiary/aromatic N) is 1. The fraction of sp³-hybridized carbons (Fsp3) is 0.214. The standard InChI is InChI=1S/C14H14F2N2O/c1-2-17-8-10-9-18-6-5-13(10)19-14-7-11(15)3-4-12(14)16/h3-7,9,17H,2,8H2,1H3. The van der Waals surface area contributed by atoms with Crippen molar-refractivity contribution >= 4 is 0 Å². The van der Waals surface area contributed by atoms with Crippen LogP contribution < -0.4 is 10.1 Å². The van der Waals surface area contributed by atoms with Gasteiger partial charge in [0.15, 0.2) is 11.6 Å². The zero-order chi connectivity index (χ0) is 13.7. The molecule has 0 aliphatic carbocycles. The largest absolute Gasteiger partial charge is 0.454 e. The maximum atomic E-state index is 13.5. The van der Waals surface area contributed by atoms with E-state index in [2.05, 4.69) is 10.3 Å². The molecule has 2 aromatic rings. The number of aromatic nitrogens is 1. The fourth-order valence-electron chi connectivity index (χ4n) is 1.58. The Kier molecular flexibility index (Phi) is 4.41. The third-order valence-corrected chi connectivity index (χ3v) is 2.54. The van der Waals surface area contributed by atoms with Crippen molar-refractivity contribution in [1.82, 2.24) is 10.3 Å². The van der Waals surface area contributed by atoms with Crippen LogP contribution in [0, 0.1) is 11.6 Å². The molecule has 0 bridgehead atoms. The van der Waals surface area contributed by atoms with E-state index >= 15 is 0 Å². The number of hydrogen-bond donors (Lipinski definition) is 1. The monoisotopic (exact) mass is 264 g/mol. The predicted molar refractivity (Wildman–Crippen MR) is 68.0 cm³/mol. The molecule has 0 aliphatic rings. The van der Waals surface area contributed by atoms with Gasteiger partial charge in [-0.25, -0.2) is 8.78 Å². The van der Waals surface area contributed by atoms with Crippen LogP contribution in [0.25, 0.3) is 0 Å². The first-order chi connectivity index (χ1) is 9.20. The average Bonchev–Trinajstić information content (AvgIpc) is 2.42. The summed E-state index contributed by atoms with van der Waals surface area (Å²) in [6.45, 7) is 3.32. The van der Waals surface area contributed by atoms with Crippen LogP contribution in [-0.2, 0) is 6.54 Å². The lowest BCUT2D eigenvalue weighted by Crippen LogP contribution is -2.12. The highest BCUT2D eigenvalue weighted by atomic mass is 19.1. The van der Waals surface area contributed by atoms with Crippen LogP contribution in [0.4, 0.5) is 8.78 Å². The van der Waals surface area contributed by atoms with Gasteiger partial charge in [0.2, 0.25) is 0 Å². The van der Waals surface area contributed by atoms with Crippen molar-refractivity contribution in [2.24, 2.45) is 0 Å². The van der Waals surface area contributed by atoms with E-state index in [-0.39, 0.29) is 5.75 Å². The molecule has 0 unspecified atom stereocenters. The summed E-state index contributed by atoms with van der Waals surface area (Å²) in [5.41, 5.74) is 0.785. The van der Waals surface area contributed by atoms with Gasteiger partial charge in [0, 0.05) is 30.6 Å². The Balaban J connectivity index is 2.25. The number of halogens is 2. The predicted octanol–water partition coefficient (Wildman–Crippen LogP) is 3.26. The van der Waals surface area contributed by atoms with Crippen LogP contribution in [0.3, 0.4) is 0 Å². The van der Waals surface area contributed by atoms with E-state index in [1.165, 1.54) is 0 Å². The third-order valence-electron chi connectivity index (χ3n) is 2.54. The Bertz CT molecular complexity index is 561. The molecule has 1 N–H and O–H groups in total. The first kappa shape index (κ1) is 13.4. The Morgan fingerprint density at radius 3 is 2.84 bits per heavy atom. The highest BCUT2D eigenvalue weighted by molar-refractivity contribution is 5.36. The molecular formula is C14H14F2N2O. The molecule has 1 heterocycles. The van der Waals surface area contributed by atoms with Crippen LogP contribution >= 0.6 is 0 Å². The van der Waals surface area contributed by atoms with Gasteiger partial charge in [-0.05, 0) is 24.7 Å². The SMILES string of the molecule is CCNCc1cnccc1Oc1cc(F)ccc1F. The van der Waals surface area contributed by atoms with Crippen molar-refractivity contribution in [3.63, 3.8) is 0 Å². The molecule has 19 heavy (non-hydrogen) atoms. The Hall–Kier alpha value is -2.01. The normalized spacial score (nSPS) is 10.5. The van der Waals surface area contributed by atoms with Crippen LogP contribution in [0.1, 0.15) is 12.5 Å². The van der Waals surface area contributed by atoms with Crippen molar-refractivity contribution in [2.45, 2.75) is 13.5 Å². The van der Waals surface area contributed by atoms with Crippen LogP contribution in [0.2, 0.25) is 0 Å². The lowest BCUT2D eigenvalue weighted by Gasteiger charge is -2.11. The van der Waals surface area contributed by atoms with Crippen molar-refractivity contribution in [3.05, 3.63) is 53.9 Å². The topological polar surface area (TPSA) is 34.2 Å². The van der Waals surface area contributed by atoms with E-state index in [1.54, 1.807) is 18.5 Å².